The van der Waals surface area contributed by atoms with Crippen molar-refractivity contribution in [2.24, 2.45) is 0 Å². The first-order chi connectivity index (χ1) is 24.1. The van der Waals surface area contributed by atoms with Crippen molar-refractivity contribution >= 4 is 21.8 Å². The molecule has 0 radical (unpaired) electrons. The molecule has 0 saturated heterocycles. The van der Waals surface area contributed by atoms with Gasteiger partial charge in [0.25, 0.3) is 0 Å². The summed E-state index contributed by atoms with van der Waals surface area (Å²) in [6, 6.07) is 51.2. The molecular weight excluding hydrogens is 603 g/mol. The predicted molar refractivity (Wildman–Crippen MR) is 190 cm³/mol. The Hall–Kier alpha value is -7.40. The van der Waals surface area contributed by atoms with E-state index in [1.165, 1.54) is 0 Å². The van der Waals surface area contributed by atoms with Crippen molar-refractivity contribution in [3.63, 3.8) is 0 Å². The fraction of sp³-hybridized carbons (Fsp3) is 0. The standard InChI is InChI=1S/C42H23N7/c43-24-27-8-7-13-32(20-27)34-17-16-33(49-38-18-14-28(25-44)21-35(38)36-22-29(26-45)15-19-39(36)49)23-37(34)42-47-40(30-9-3-1-4-10-30)46-41(48-42)31-11-5-2-6-12-31/h1-23H. The van der Waals surface area contributed by atoms with Gasteiger partial charge in [-0.2, -0.15) is 15.8 Å². The minimum Gasteiger partial charge on any atom is -0.309 e. The summed E-state index contributed by atoms with van der Waals surface area (Å²) in [6.45, 7) is 0. The second-order valence-corrected chi connectivity index (χ2v) is 11.5. The van der Waals surface area contributed by atoms with E-state index in [0.29, 0.717) is 34.2 Å². The van der Waals surface area contributed by atoms with E-state index in [4.69, 9.17) is 15.0 Å². The highest BCUT2D eigenvalue weighted by atomic mass is 15.0. The lowest BCUT2D eigenvalue weighted by Gasteiger charge is -2.15. The molecule has 0 N–H and O–H groups in total. The third-order valence-corrected chi connectivity index (χ3v) is 8.53. The average Bonchev–Trinajstić information content (AvgIpc) is 3.51. The van der Waals surface area contributed by atoms with Gasteiger partial charge in [0.05, 0.1) is 45.9 Å². The minimum atomic E-state index is 0.478. The van der Waals surface area contributed by atoms with Crippen molar-refractivity contribution in [3.05, 3.63) is 156 Å². The number of benzene rings is 6. The van der Waals surface area contributed by atoms with E-state index in [9.17, 15) is 15.8 Å². The number of nitrogens with zero attached hydrogens (tertiary/aromatic N) is 7. The van der Waals surface area contributed by atoms with Gasteiger partial charge in [0.1, 0.15) is 0 Å². The summed E-state index contributed by atoms with van der Waals surface area (Å²) in [7, 11) is 0. The summed E-state index contributed by atoms with van der Waals surface area (Å²) in [5.74, 6) is 1.55. The number of rotatable bonds is 5. The number of aromatic nitrogens is 4. The van der Waals surface area contributed by atoms with Crippen LogP contribution in [0.2, 0.25) is 0 Å². The Kier molecular flexibility index (Phi) is 7.16. The molecule has 2 heterocycles. The molecule has 8 aromatic rings. The van der Waals surface area contributed by atoms with Gasteiger partial charge in [0.15, 0.2) is 17.5 Å². The molecule has 226 valence electrons. The third kappa shape index (κ3) is 5.22. The number of hydrogen-bond acceptors (Lipinski definition) is 6. The maximum atomic E-state index is 9.74. The smallest absolute Gasteiger partial charge is 0.164 e. The van der Waals surface area contributed by atoms with Crippen LogP contribution in [0.25, 0.3) is 72.8 Å². The van der Waals surface area contributed by atoms with Gasteiger partial charge in [0.2, 0.25) is 0 Å². The number of hydrogen-bond donors (Lipinski definition) is 0. The lowest BCUT2D eigenvalue weighted by Crippen LogP contribution is -2.02. The van der Waals surface area contributed by atoms with E-state index >= 15 is 0 Å². The molecular formula is C42H23N7. The summed E-state index contributed by atoms with van der Waals surface area (Å²) in [4.78, 5) is 15.0. The van der Waals surface area contributed by atoms with Gasteiger partial charge < -0.3 is 4.57 Å². The quantitative estimate of drug-likeness (QED) is 0.188. The molecule has 0 spiro atoms. The largest absolute Gasteiger partial charge is 0.309 e. The molecule has 0 saturated carbocycles. The van der Waals surface area contributed by atoms with Crippen LogP contribution in [0.5, 0.6) is 0 Å². The number of nitriles is 3. The van der Waals surface area contributed by atoms with E-state index in [-0.39, 0.29) is 0 Å². The highest BCUT2D eigenvalue weighted by Gasteiger charge is 2.20. The highest BCUT2D eigenvalue weighted by Crippen LogP contribution is 2.38. The lowest BCUT2D eigenvalue weighted by atomic mass is 9.96. The maximum absolute atomic E-state index is 9.74. The van der Waals surface area contributed by atoms with Crippen LogP contribution < -0.4 is 0 Å². The average molecular weight is 626 g/mol. The molecule has 0 unspecified atom stereocenters. The van der Waals surface area contributed by atoms with Gasteiger partial charge in [-0.25, -0.2) is 15.0 Å². The van der Waals surface area contributed by atoms with Crippen molar-refractivity contribution in [3.8, 4) is 69.2 Å². The fourth-order valence-electron chi connectivity index (χ4n) is 6.23. The molecule has 8 rings (SSSR count). The Morgan fingerprint density at radius 3 is 1.47 bits per heavy atom. The molecule has 49 heavy (non-hydrogen) atoms. The van der Waals surface area contributed by atoms with Crippen LogP contribution in [0.4, 0.5) is 0 Å². The Balaban J connectivity index is 1.44. The second kappa shape index (κ2) is 12.1. The normalized spacial score (nSPS) is 10.8. The van der Waals surface area contributed by atoms with E-state index in [1.54, 1.807) is 18.2 Å². The predicted octanol–water partition coefficient (Wildman–Crippen LogP) is 9.25. The van der Waals surface area contributed by atoms with Crippen molar-refractivity contribution < 1.29 is 0 Å². The van der Waals surface area contributed by atoms with Crippen LogP contribution in [-0.4, -0.2) is 19.5 Å². The first-order valence-electron chi connectivity index (χ1n) is 15.5. The summed E-state index contributed by atoms with van der Waals surface area (Å²) in [5, 5.41) is 30.9. The SMILES string of the molecule is N#Cc1cccc(-c2ccc(-n3c4ccc(C#N)cc4c4cc(C#N)ccc43)cc2-c2nc(-c3ccccc3)nc(-c3ccccc3)n2)c1. The molecule has 0 aliphatic heterocycles. The van der Waals surface area contributed by atoms with Crippen molar-refractivity contribution in [2.45, 2.75) is 0 Å². The zero-order chi connectivity index (χ0) is 33.3. The molecule has 0 aliphatic rings. The molecule has 0 atom stereocenters. The third-order valence-electron chi connectivity index (χ3n) is 8.53. The first kappa shape index (κ1) is 29.0. The summed E-state index contributed by atoms with van der Waals surface area (Å²) < 4.78 is 2.13. The van der Waals surface area contributed by atoms with Crippen molar-refractivity contribution in [1.29, 1.82) is 15.8 Å². The summed E-state index contributed by atoms with van der Waals surface area (Å²) in [5.41, 5.74) is 8.40. The maximum Gasteiger partial charge on any atom is 0.164 e. The molecule has 6 aromatic carbocycles. The van der Waals surface area contributed by atoms with E-state index in [2.05, 4.69) is 28.8 Å². The zero-order valence-corrected chi connectivity index (χ0v) is 25.9. The van der Waals surface area contributed by atoms with Gasteiger partial charge >= 0.3 is 0 Å². The summed E-state index contributed by atoms with van der Waals surface area (Å²) in [6.07, 6.45) is 0. The second-order valence-electron chi connectivity index (χ2n) is 11.5. The molecule has 7 heteroatoms. The van der Waals surface area contributed by atoms with Crippen LogP contribution >= 0.6 is 0 Å². The Morgan fingerprint density at radius 2 is 0.918 bits per heavy atom. The van der Waals surface area contributed by atoms with Gasteiger partial charge in [-0.15, -0.1) is 0 Å². The molecule has 0 bridgehead atoms. The van der Waals surface area contributed by atoms with Crippen molar-refractivity contribution in [1.82, 2.24) is 19.5 Å². The van der Waals surface area contributed by atoms with Gasteiger partial charge in [0, 0.05) is 33.2 Å². The molecule has 0 fully saturated rings. The Bertz CT molecular complexity index is 2560. The van der Waals surface area contributed by atoms with Gasteiger partial charge in [-0.3, -0.25) is 0 Å². The van der Waals surface area contributed by atoms with Gasteiger partial charge in [-0.05, 0) is 71.8 Å². The van der Waals surface area contributed by atoms with E-state index < -0.39 is 0 Å². The zero-order valence-electron chi connectivity index (χ0n) is 25.9. The van der Waals surface area contributed by atoms with E-state index in [0.717, 1.165) is 55.3 Å². The van der Waals surface area contributed by atoms with Crippen LogP contribution in [0, 0.1) is 34.0 Å². The molecule has 0 amide bonds. The van der Waals surface area contributed by atoms with Gasteiger partial charge in [-0.1, -0.05) is 78.9 Å². The van der Waals surface area contributed by atoms with E-state index in [1.807, 2.05) is 115 Å². The van der Waals surface area contributed by atoms with Crippen LogP contribution in [-0.2, 0) is 0 Å². The molecule has 7 nitrogen and oxygen atoms in total. The van der Waals surface area contributed by atoms with Crippen LogP contribution in [0.1, 0.15) is 16.7 Å². The fourth-order valence-corrected chi connectivity index (χ4v) is 6.23. The Morgan fingerprint density at radius 1 is 0.408 bits per heavy atom. The Labute approximate surface area is 281 Å². The van der Waals surface area contributed by atoms with Crippen LogP contribution in [0.15, 0.2) is 140 Å². The minimum absolute atomic E-state index is 0.478. The summed E-state index contributed by atoms with van der Waals surface area (Å²) >= 11 is 0. The first-order valence-corrected chi connectivity index (χ1v) is 15.5. The highest BCUT2D eigenvalue weighted by molar-refractivity contribution is 6.10. The lowest BCUT2D eigenvalue weighted by molar-refractivity contribution is 1.07. The van der Waals surface area contributed by atoms with Crippen molar-refractivity contribution in [2.75, 3.05) is 0 Å². The monoisotopic (exact) mass is 625 g/mol. The molecule has 2 aromatic heterocycles. The topological polar surface area (TPSA) is 115 Å². The number of fused-ring (bicyclic) bond motifs is 3. The molecule has 0 aliphatic carbocycles. The van der Waals surface area contributed by atoms with Crippen LogP contribution in [0.3, 0.4) is 0 Å².